The van der Waals surface area contributed by atoms with Crippen LogP contribution in [0, 0.1) is 0 Å². The molecule has 2 aromatic rings. The van der Waals surface area contributed by atoms with Crippen LogP contribution in [0.2, 0.25) is 0 Å². The van der Waals surface area contributed by atoms with E-state index in [1.165, 1.54) is 16.9 Å². The van der Waals surface area contributed by atoms with Crippen LogP contribution in [0.4, 0.5) is 5.13 Å². The number of carbonyl (C=O) groups excluding carboxylic acids is 1. The van der Waals surface area contributed by atoms with Crippen molar-refractivity contribution < 1.29 is 19.4 Å². The first-order valence-corrected chi connectivity index (χ1v) is 9.01. The molecule has 0 unspecified atom stereocenters. The van der Waals surface area contributed by atoms with Gasteiger partial charge >= 0.3 is 5.97 Å². The summed E-state index contributed by atoms with van der Waals surface area (Å²) in [6.07, 6.45) is 0.763. The second-order valence-electron chi connectivity index (χ2n) is 5.94. The summed E-state index contributed by atoms with van der Waals surface area (Å²) in [6, 6.07) is 7.97. The highest BCUT2D eigenvalue weighted by molar-refractivity contribution is 7.13. The van der Waals surface area contributed by atoms with E-state index in [4.69, 9.17) is 9.84 Å². The number of aromatic nitrogens is 1. The van der Waals surface area contributed by atoms with E-state index in [9.17, 15) is 9.59 Å². The summed E-state index contributed by atoms with van der Waals surface area (Å²) in [7, 11) is 0. The quantitative estimate of drug-likeness (QED) is 0.664. The van der Waals surface area contributed by atoms with Crippen LogP contribution in [0.3, 0.4) is 0 Å². The van der Waals surface area contributed by atoms with Crippen molar-refractivity contribution in [1.82, 2.24) is 4.98 Å². The summed E-state index contributed by atoms with van der Waals surface area (Å²) >= 11 is 1.22. The lowest BCUT2D eigenvalue weighted by atomic mass is 10.0. The number of carboxylic acids is 1. The molecular weight excluding hydrogens is 340 g/mol. The topological polar surface area (TPSA) is 88.5 Å². The zero-order valence-corrected chi connectivity index (χ0v) is 15.1. The Labute approximate surface area is 150 Å². The van der Waals surface area contributed by atoms with Gasteiger partial charge in [0.15, 0.2) is 5.13 Å². The van der Waals surface area contributed by atoms with Crippen LogP contribution in [0.1, 0.15) is 43.9 Å². The minimum atomic E-state index is -0.943. The molecule has 2 rings (SSSR count). The van der Waals surface area contributed by atoms with Gasteiger partial charge in [-0.25, -0.2) is 4.98 Å². The molecule has 0 radical (unpaired) electrons. The van der Waals surface area contributed by atoms with Crippen LogP contribution < -0.4 is 10.1 Å². The Balaban J connectivity index is 1.68. The van der Waals surface area contributed by atoms with Gasteiger partial charge in [0.05, 0.1) is 18.7 Å². The van der Waals surface area contributed by atoms with Gasteiger partial charge in [-0.15, -0.1) is 11.3 Å². The zero-order valence-electron chi connectivity index (χ0n) is 14.3. The minimum Gasteiger partial charge on any atom is -0.494 e. The van der Waals surface area contributed by atoms with Gasteiger partial charge in [-0.2, -0.15) is 0 Å². The number of thiazole rings is 1. The van der Waals surface area contributed by atoms with Gasteiger partial charge in [0.2, 0.25) is 5.91 Å². The molecule has 2 N–H and O–H groups in total. The zero-order chi connectivity index (χ0) is 18.2. The first-order valence-electron chi connectivity index (χ1n) is 8.13. The van der Waals surface area contributed by atoms with E-state index in [0.717, 1.165) is 5.75 Å². The van der Waals surface area contributed by atoms with E-state index in [2.05, 4.69) is 24.1 Å². The van der Waals surface area contributed by atoms with Crippen molar-refractivity contribution in [2.45, 2.75) is 39.0 Å². The van der Waals surface area contributed by atoms with Crippen molar-refractivity contribution >= 4 is 28.3 Å². The number of hydrogen-bond donors (Lipinski definition) is 2. The number of nitrogens with one attached hydrogen (secondary N) is 1. The molecule has 1 aromatic heterocycles. The molecule has 0 atom stereocenters. The number of nitrogens with zero attached hydrogens (tertiary/aromatic N) is 1. The van der Waals surface area contributed by atoms with Crippen molar-refractivity contribution in [3.8, 4) is 5.75 Å². The number of carbonyl (C=O) groups is 2. The monoisotopic (exact) mass is 362 g/mol. The normalized spacial score (nSPS) is 10.7. The lowest BCUT2D eigenvalue weighted by Crippen LogP contribution is -2.13. The molecule has 1 heterocycles. The predicted molar refractivity (Wildman–Crippen MR) is 97.3 cm³/mol. The van der Waals surface area contributed by atoms with E-state index >= 15 is 0 Å². The van der Waals surface area contributed by atoms with E-state index in [-0.39, 0.29) is 12.3 Å². The average Bonchev–Trinajstić information content (AvgIpc) is 2.98. The minimum absolute atomic E-state index is 0.143. The maximum atomic E-state index is 11.9. The molecule has 7 heteroatoms. The smallest absolute Gasteiger partial charge is 0.309 e. The van der Waals surface area contributed by atoms with Crippen molar-refractivity contribution in [1.29, 1.82) is 0 Å². The molecule has 0 bridgehead atoms. The number of carboxylic acid groups (broad SMARTS) is 1. The maximum absolute atomic E-state index is 11.9. The van der Waals surface area contributed by atoms with Crippen molar-refractivity contribution in [2.24, 2.45) is 0 Å². The largest absolute Gasteiger partial charge is 0.494 e. The Morgan fingerprint density at radius 1 is 1.28 bits per heavy atom. The number of rotatable bonds is 9. The Morgan fingerprint density at radius 3 is 2.64 bits per heavy atom. The Morgan fingerprint density at radius 2 is 2.00 bits per heavy atom. The highest BCUT2D eigenvalue weighted by Gasteiger charge is 2.09. The van der Waals surface area contributed by atoms with Gasteiger partial charge in [0, 0.05) is 11.8 Å². The SMILES string of the molecule is CC(C)c1ccc(OCCCC(=O)Nc2nc(CC(=O)O)cs2)cc1. The van der Waals surface area contributed by atoms with Crippen molar-refractivity contribution in [2.75, 3.05) is 11.9 Å². The molecule has 0 saturated carbocycles. The number of aliphatic carboxylic acids is 1. The molecule has 1 amide bonds. The molecule has 0 aliphatic heterocycles. The lowest BCUT2D eigenvalue weighted by molar-refractivity contribution is -0.136. The van der Waals surface area contributed by atoms with E-state index in [1.807, 2.05) is 24.3 Å². The van der Waals surface area contributed by atoms with Crippen LogP contribution in [-0.2, 0) is 16.0 Å². The highest BCUT2D eigenvalue weighted by Crippen LogP contribution is 2.19. The average molecular weight is 362 g/mol. The fourth-order valence-electron chi connectivity index (χ4n) is 2.15. The second-order valence-corrected chi connectivity index (χ2v) is 6.80. The number of benzene rings is 1. The van der Waals surface area contributed by atoms with Crippen LogP contribution in [0.5, 0.6) is 5.75 Å². The predicted octanol–water partition coefficient (Wildman–Crippen LogP) is 3.69. The van der Waals surface area contributed by atoms with E-state index in [1.54, 1.807) is 5.38 Å². The molecule has 134 valence electrons. The molecule has 0 spiro atoms. The van der Waals surface area contributed by atoms with E-state index < -0.39 is 5.97 Å². The molecular formula is C18H22N2O4S. The highest BCUT2D eigenvalue weighted by atomic mass is 32.1. The molecule has 25 heavy (non-hydrogen) atoms. The Kier molecular flexibility index (Phi) is 6.94. The molecule has 0 aliphatic rings. The molecule has 0 saturated heterocycles. The van der Waals surface area contributed by atoms with Gasteiger partial charge in [-0.3, -0.25) is 9.59 Å². The number of ether oxygens (including phenoxy) is 1. The van der Waals surface area contributed by atoms with Crippen molar-refractivity contribution in [3.05, 3.63) is 40.9 Å². The maximum Gasteiger partial charge on any atom is 0.309 e. The lowest BCUT2D eigenvalue weighted by Gasteiger charge is -2.08. The van der Waals surface area contributed by atoms with Crippen LogP contribution >= 0.6 is 11.3 Å². The molecule has 6 nitrogen and oxygen atoms in total. The van der Waals surface area contributed by atoms with Crippen molar-refractivity contribution in [3.63, 3.8) is 0 Å². The standard InChI is InChI=1S/C18H22N2O4S/c1-12(2)13-5-7-15(8-6-13)24-9-3-4-16(21)20-18-19-14(11-25-18)10-17(22)23/h5-8,11-12H,3-4,9-10H2,1-2H3,(H,22,23)(H,19,20,21). The molecule has 1 aromatic carbocycles. The summed E-state index contributed by atoms with van der Waals surface area (Å²) in [6.45, 7) is 4.74. The van der Waals surface area contributed by atoms with Gasteiger partial charge in [0.1, 0.15) is 5.75 Å². The summed E-state index contributed by atoms with van der Waals surface area (Å²) < 4.78 is 5.63. The first-order chi connectivity index (χ1) is 11.9. The number of anilines is 1. The van der Waals surface area contributed by atoms with Crippen LogP contribution in [0.25, 0.3) is 0 Å². The van der Waals surface area contributed by atoms with E-state index in [0.29, 0.717) is 36.2 Å². The Bertz CT molecular complexity index is 710. The van der Waals surface area contributed by atoms with Gasteiger partial charge in [-0.05, 0) is 30.0 Å². The number of hydrogen-bond acceptors (Lipinski definition) is 5. The van der Waals surface area contributed by atoms with Crippen LogP contribution in [0.15, 0.2) is 29.6 Å². The second kappa shape index (κ2) is 9.17. The van der Waals surface area contributed by atoms with Gasteiger partial charge in [0.25, 0.3) is 0 Å². The van der Waals surface area contributed by atoms with Gasteiger partial charge in [-0.1, -0.05) is 26.0 Å². The summed E-state index contributed by atoms with van der Waals surface area (Å²) in [5, 5.41) is 13.4. The summed E-state index contributed by atoms with van der Waals surface area (Å²) in [4.78, 5) is 26.5. The van der Waals surface area contributed by atoms with Crippen LogP contribution in [-0.4, -0.2) is 28.6 Å². The third-order valence-corrected chi connectivity index (χ3v) is 4.30. The Hall–Kier alpha value is -2.41. The van der Waals surface area contributed by atoms with Gasteiger partial charge < -0.3 is 15.2 Å². The number of amides is 1. The summed E-state index contributed by atoms with van der Waals surface area (Å²) in [5.41, 5.74) is 1.71. The molecule has 0 fully saturated rings. The third-order valence-electron chi connectivity index (χ3n) is 3.49. The third kappa shape index (κ3) is 6.54. The summed E-state index contributed by atoms with van der Waals surface area (Å²) in [5.74, 6) is 0.180. The fraction of sp³-hybridized carbons (Fsp3) is 0.389. The fourth-order valence-corrected chi connectivity index (χ4v) is 2.88. The molecule has 0 aliphatic carbocycles. The first kappa shape index (κ1) is 18.9.